The molecule has 2 nitrogen and oxygen atoms in total. The molecule has 2 rings (SSSR count). The van der Waals surface area contributed by atoms with E-state index >= 15 is 0 Å². The summed E-state index contributed by atoms with van der Waals surface area (Å²) >= 11 is 0. The summed E-state index contributed by atoms with van der Waals surface area (Å²) in [6, 6.07) is 10.6. The first-order valence-corrected chi connectivity index (χ1v) is 7.35. The molecule has 1 aromatic carbocycles. The zero-order chi connectivity index (χ0) is 13.9. The van der Waals surface area contributed by atoms with E-state index in [1.807, 2.05) is 0 Å². The van der Waals surface area contributed by atoms with Crippen LogP contribution in [0.2, 0.25) is 0 Å². The third-order valence-electron chi connectivity index (χ3n) is 5.05. The molecule has 1 aliphatic heterocycles. The molecule has 1 heterocycles. The van der Waals surface area contributed by atoms with Crippen molar-refractivity contribution in [2.75, 3.05) is 20.2 Å². The molecule has 1 fully saturated rings. The van der Waals surface area contributed by atoms with Crippen molar-refractivity contribution in [2.24, 2.45) is 0 Å². The molecular formula is C17H27NO. The zero-order valence-electron chi connectivity index (χ0n) is 12.8. The Labute approximate surface area is 117 Å². The Hall–Kier alpha value is -0.860. The fourth-order valence-electron chi connectivity index (χ4n) is 2.93. The van der Waals surface area contributed by atoms with Crippen molar-refractivity contribution in [1.29, 1.82) is 0 Å². The van der Waals surface area contributed by atoms with Gasteiger partial charge in [0.1, 0.15) is 0 Å². The monoisotopic (exact) mass is 261 g/mol. The summed E-state index contributed by atoms with van der Waals surface area (Å²) in [6.07, 6.45) is 3.37. The Bertz CT molecular complexity index is 401. The summed E-state index contributed by atoms with van der Waals surface area (Å²) < 4.78 is 6.32. The predicted molar refractivity (Wildman–Crippen MR) is 80.4 cm³/mol. The maximum atomic E-state index is 6.32. The topological polar surface area (TPSA) is 12.5 Å². The smallest absolute Gasteiger partial charge is 0.0832 e. The molecule has 19 heavy (non-hydrogen) atoms. The van der Waals surface area contributed by atoms with Gasteiger partial charge in [0, 0.05) is 5.54 Å². The molecule has 1 atom stereocenters. The highest BCUT2D eigenvalue weighted by atomic mass is 16.5. The van der Waals surface area contributed by atoms with Gasteiger partial charge in [-0.05, 0) is 59.2 Å². The van der Waals surface area contributed by atoms with Crippen molar-refractivity contribution in [3.05, 3.63) is 35.9 Å². The molecule has 0 saturated carbocycles. The lowest BCUT2D eigenvalue weighted by Gasteiger charge is -2.53. The van der Waals surface area contributed by atoms with Gasteiger partial charge >= 0.3 is 0 Å². The van der Waals surface area contributed by atoms with Crippen molar-refractivity contribution >= 4 is 0 Å². The lowest BCUT2D eigenvalue weighted by Crippen LogP contribution is -2.62. The molecule has 0 aromatic heterocycles. The van der Waals surface area contributed by atoms with Crippen LogP contribution >= 0.6 is 0 Å². The zero-order valence-corrected chi connectivity index (χ0v) is 12.8. The highest BCUT2D eigenvalue weighted by molar-refractivity contribution is 5.14. The predicted octanol–water partition coefficient (Wildman–Crippen LogP) is 3.51. The standard InChI is InChI=1S/C17H27NO/c1-16(2)17(3,12-8-13-18(16)4)19-14-11-15-9-6-5-7-10-15/h5-7,9-10H,8,11-14H2,1-4H3. The molecule has 1 aliphatic rings. The number of ether oxygens (including phenoxy) is 1. The first-order valence-electron chi connectivity index (χ1n) is 7.35. The van der Waals surface area contributed by atoms with Gasteiger partial charge in [-0.2, -0.15) is 0 Å². The SMILES string of the molecule is CN1CCCC(C)(OCCc2ccccc2)C1(C)C. The number of hydrogen-bond donors (Lipinski definition) is 0. The summed E-state index contributed by atoms with van der Waals surface area (Å²) in [4.78, 5) is 2.43. The average Bonchev–Trinajstić information content (AvgIpc) is 2.38. The van der Waals surface area contributed by atoms with Crippen molar-refractivity contribution in [1.82, 2.24) is 4.90 Å². The van der Waals surface area contributed by atoms with E-state index < -0.39 is 0 Å². The first kappa shape index (κ1) is 14.5. The Balaban J connectivity index is 1.94. The number of piperidine rings is 1. The van der Waals surface area contributed by atoms with Crippen LogP contribution in [0.5, 0.6) is 0 Å². The van der Waals surface area contributed by atoms with Gasteiger partial charge in [0.25, 0.3) is 0 Å². The molecule has 1 saturated heterocycles. The number of rotatable bonds is 4. The Morgan fingerprint density at radius 2 is 1.84 bits per heavy atom. The van der Waals surface area contributed by atoms with E-state index in [9.17, 15) is 0 Å². The number of benzene rings is 1. The lowest BCUT2D eigenvalue weighted by molar-refractivity contribution is -0.148. The van der Waals surface area contributed by atoms with Crippen LogP contribution in [0.4, 0.5) is 0 Å². The van der Waals surface area contributed by atoms with Crippen molar-refractivity contribution in [3.63, 3.8) is 0 Å². The van der Waals surface area contributed by atoms with Gasteiger partial charge in [0.15, 0.2) is 0 Å². The Morgan fingerprint density at radius 3 is 2.53 bits per heavy atom. The molecule has 0 N–H and O–H groups in total. The van der Waals surface area contributed by atoms with Crippen molar-refractivity contribution < 1.29 is 4.74 Å². The van der Waals surface area contributed by atoms with Crippen LogP contribution in [0, 0.1) is 0 Å². The van der Waals surface area contributed by atoms with Gasteiger partial charge in [0.2, 0.25) is 0 Å². The normalized spacial score (nSPS) is 27.4. The first-order chi connectivity index (χ1) is 8.96. The van der Waals surface area contributed by atoms with E-state index in [2.05, 4.69) is 63.1 Å². The minimum absolute atomic E-state index is 0.0468. The van der Waals surface area contributed by atoms with Gasteiger partial charge in [-0.25, -0.2) is 0 Å². The van der Waals surface area contributed by atoms with E-state index in [1.165, 1.54) is 18.5 Å². The Morgan fingerprint density at radius 1 is 1.16 bits per heavy atom. The Kier molecular flexibility index (Phi) is 4.32. The summed E-state index contributed by atoms with van der Waals surface area (Å²) in [5, 5.41) is 0. The largest absolute Gasteiger partial charge is 0.373 e. The second kappa shape index (κ2) is 5.64. The molecule has 2 heteroatoms. The maximum Gasteiger partial charge on any atom is 0.0832 e. The third kappa shape index (κ3) is 3.01. The van der Waals surface area contributed by atoms with Crippen LogP contribution in [0.15, 0.2) is 30.3 Å². The maximum absolute atomic E-state index is 6.32. The summed E-state index contributed by atoms with van der Waals surface area (Å²) in [7, 11) is 2.21. The second-order valence-corrected chi connectivity index (χ2v) is 6.40. The number of nitrogens with zero attached hydrogens (tertiary/aromatic N) is 1. The highest BCUT2D eigenvalue weighted by Gasteiger charge is 2.46. The average molecular weight is 261 g/mol. The number of hydrogen-bond acceptors (Lipinski definition) is 2. The van der Waals surface area contributed by atoms with Crippen LogP contribution in [0.3, 0.4) is 0 Å². The molecule has 1 aromatic rings. The lowest BCUT2D eigenvalue weighted by atomic mass is 9.76. The third-order valence-corrected chi connectivity index (χ3v) is 5.05. The van der Waals surface area contributed by atoms with E-state index in [0.717, 1.165) is 19.4 Å². The highest BCUT2D eigenvalue weighted by Crippen LogP contribution is 2.38. The molecule has 1 unspecified atom stereocenters. The van der Waals surface area contributed by atoms with Gasteiger partial charge in [-0.1, -0.05) is 30.3 Å². The van der Waals surface area contributed by atoms with E-state index in [4.69, 9.17) is 4.74 Å². The fourth-order valence-corrected chi connectivity index (χ4v) is 2.93. The van der Waals surface area contributed by atoms with Gasteiger partial charge in [-0.15, -0.1) is 0 Å². The second-order valence-electron chi connectivity index (χ2n) is 6.40. The van der Waals surface area contributed by atoms with Crippen LogP contribution in [-0.4, -0.2) is 36.2 Å². The molecule has 0 spiro atoms. The summed E-state index contributed by atoms with van der Waals surface area (Å²) in [6.45, 7) is 8.85. The van der Waals surface area contributed by atoms with E-state index in [1.54, 1.807) is 0 Å². The number of likely N-dealkylation sites (tertiary alicyclic amines) is 1. The van der Waals surface area contributed by atoms with Gasteiger partial charge < -0.3 is 4.74 Å². The molecular weight excluding hydrogens is 234 g/mol. The molecule has 0 bridgehead atoms. The van der Waals surface area contributed by atoms with Crippen molar-refractivity contribution in [2.45, 2.75) is 51.2 Å². The number of likely N-dealkylation sites (N-methyl/N-ethyl adjacent to an activating group) is 1. The van der Waals surface area contributed by atoms with E-state index in [-0.39, 0.29) is 11.1 Å². The van der Waals surface area contributed by atoms with Crippen LogP contribution in [0.1, 0.15) is 39.2 Å². The van der Waals surface area contributed by atoms with E-state index in [0.29, 0.717) is 0 Å². The fraction of sp³-hybridized carbons (Fsp3) is 0.647. The summed E-state index contributed by atoms with van der Waals surface area (Å²) in [5.41, 5.74) is 1.41. The quantitative estimate of drug-likeness (QED) is 0.822. The van der Waals surface area contributed by atoms with Crippen molar-refractivity contribution in [3.8, 4) is 0 Å². The molecule has 0 amide bonds. The van der Waals surface area contributed by atoms with Crippen LogP contribution in [-0.2, 0) is 11.2 Å². The molecule has 0 aliphatic carbocycles. The molecule has 0 radical (unpaired) electrons. The van der Waals surface area contributed by atoms with Crippen LogP contribution in [0.25, 0.3) is 0 Å². The summed E-state index contributed by atoms with van der Waals surface area (Å²) in [5.74, 6) is 0. The minimum Gasteiger partial charge on any atom is -0.373 e. The van der Waals surface area contributed by atoms with Crippen LogP contribution < -0.4 is 0 Å². The minimum atomic E-state index is -0.0468. The van der Waals surface area contributed by atoms with Gasteiger partial charge in [-0.3, -0.25) is 4.90 Å². The van der Waals surface area contributed by atoms with Gasteiger partial charge in [0.05, 0.1) is 12.2 Å². The molecule has 106 valence electrons.